The van der Waals surface area contributed by atoms with E-state index in [1.807, 2.05) is 16.3 Å². The molecule has 0 N–H and O–H groups in total. The number of thiophene rings is 1. The Balaban J connectivity index is 1.62. The van der Waals surface area contributed by atoms with Gasteiger partial charge in [-0.05, 0) is 55.5 Å². The van der Waals surface area contributed by atoms with Gasteiger partial charge < -0.3 is 4.90 Å². The maximum absolute atomic E-state index is 13.1. The molecular formula is C18H17FN4OS. The Bertz CT molecular complexity index is 888. The molecule has 0 radical (unpaired) electrons. The summed E-state index contributed by atoms with van der Waals surface area (Å²) in [6.45, 7) is 2.50. The average molecular weight is 356 g/mol. The molecular weight excluding hydrogens is 339 g/mol. The molecule has 1 fully saturated rings. The molecule has 0 bridgehead atoms. The Morgan fingerprint density at radius 2 is 2.08 bits per heavy atom. The lowest BCUT2D eigenvalue weighted by Crippen LogP contribution is -2.31. The third kappa shape index (κ3) is 2.95. The lowest BCUT2D eigenvalue weighted by Gasteiger charge is -2.22. The van der Waals surface area contributed by atoms with E-state index in [1.165, 1.54) is 17.0 Å². The molecule has 1 aliphatic heterocycles. The Hall–Kier alpha value is -2.54. The molecule has 0 saturated carbocycles. The molecule has 1 aromatic carbocycles. The third-order valence-corrected chi connectivity index (χ3v) is 5.39. The van der Waals surface area contributed by atoms with Gasteiger partial charge in [0.2, 0.25) is 5.82 Å². The van der Waals surface area contributed by atoms with Crippen LogP contribution in [0.25, 0.3) is 5.69 Å². The predicted molar refractivity (Wildman–Crippen MR) is 93.4 cm³/mol. The quantitative estimate of drug-likeness (QED) is 0.718. The number of likely N-dealkylation sites (tertiary alicyclic amines) is 1. The van der Waals surface area contributed by atoms with Crippen molar-refractivity contribution in [2.75, 3.05) is 6.54 Å². The van der Waals surface area contributed by atoms with Crippen LogP contribution in [0.3, 0.4) is 0 Å². The van der Waals surface area contributed by atoms with Gasteiger partial charge in [-0.1, -0.05) is 6.07 Å². The first-order valence-corrected chi connectivity index (χ1v) is 9.05. The monoisotopic (exact) mass is 356 g/mol. The van der Waals surface area contributed by atoms with Gasteiger partial charge in [0, 0.05) is 11.4 Å². The molecule has 5 nitrogen and oxygen atoms in total. The maximum Gasteiger partial charge on any atom is 0.294 e. The molecule has 4 rings (SSSR count). The van der Waals surface area contributed by atoms with Crippen molar-refractivity contribution >= 4 is 17.2 Å². The van der Waals surface area contributed by atoms with Crippen molar-refractivity contribution in [1.29, 1.82) is 0 Å². The molecule has 3 heterocycles. The Morgan fingerprint density at radius 3 is 2.80 bits per heavy atom. The van der Waals surface area contributed by atoms with Crippen molar-refractivity contribution in [2.45, 2.75) is 25.8 Å². The fraction of sp³-hybridized carbons (Fsp3) is 0.278. The minimum atomic E-state index is -0.311. The number of aryl methyl sites for hydroxylation is 1. The van der Waals surface area contributed by atoms with Gasteiger partial charge in [0.25, 0.3) is 5.91 Å². The van der Waals surface area contributed by atoms with Gasteiger partial charge in [0.15, 0.2) is 0 Å². The second kappa shape index (κ2) is 6.40. The zero-order chi connectivity index (χ0) is 17.4. The van der Waals surface area contributed by atoms with Crippen LogP contribution in [0.2, 0.25) is 0 Å². The third-order valence-electron chi connectivity index (χ3n) is 4.42. The summed E-state index contributed by atoms with van der Waals surface area (Å²) >= 11 is 1.67. The summed E-state index contributed by atoms with van der Waals surface area (Å²) in [7, 11) is 0. The number of hydrogen-bond acceptors (Lipinski definition) is 4. The van der Waals surface area contributed by atoms with E-state index in [1.54, 1.807) is 35.1 Å². The van der Waals surface area contributed by atoms with Crippen LogP contribution >= 0.6 is 11.3 Å². The molecule has 2 aromatic heterocycles. The highest BCUT2D eigenvalue weighted by Gasteiger charge is 2.33. The smallest absolute Gasteiger partial charge is 0.294 e. The molecule has 128 valence electrons. The Morgan fingerprint density at radius 1 is 1.28 bits per heavy atom. The molecule has 7 heteroatoms. The number of halogens is 1. The summed E-state index contributed by atoms with van der Waals surface area (Å²) in [5, 5.41) is 6.40. The van der Waals surface area contributed by atoms with E-state index in [2.05, 4.69) is 16.1 Å². The molecule has 0 spiro atoms. The lowest BCUT2D eigenvalue weighted by molar-refractivity contribution is 0.0725. The maximum atomic E-state index is 13.1. The molecule has 25 heavy (non-hydrogen) atoms. The fourth-order valence-electron chi connectivity index (χ4n) is 3.22. The van der Waals surface area contributed by atoms with E-state index in [9.17, 15) is 9.18 Å². The van der Waals surface area contributed by atoms with Crippen molar-refractivity contribution in [3.05, 3.63) is 64.1 Å². The summed E-state index contributed by atoms with van der Waals surface area (Å²) < 4.78 is 14.7. The normalized spacial score (nSPS) is 17.2. The molecule has 0 unspecified atom stereocenters. The van der Waals surface area contributed by atoms with Crippen molar-refractivity contribution in [1.82, 2.24) is 19.7 Å². The Labute approximate surface area is 148 Å². The molecule has 1 atom stereocenters. The average Bonchev–Trinajstić information content (AvgIpc) is 3.35. The molecule has 1 aliphatic rings. The van der Waals surface area contributed by atoms with E-state index in [0.717, 1.165) is 12.8 Å². The second-order valence-electron chi connectivity index (χ2n) is 6.04. The number of amides is 1. The van der Waals surface area contributed by atoms with Gasteiger partial charge in [-0.15, -0.1) is 16.4 Å². The van der Waals surface area contributed by atoms with E-state index in [0.29, 0.717) is 18.1 Å². The summed E-state index contributed by atoms with van der Waals surface area (Å²) in [5.41, 5.74) is 0.682. The van der Waals surface area contributed by atoms with Crippen molar-refractivity contribution in [3.8, 4) is 5.69 Å². The van der Waals surface area contributed by atoms with Gasteiger partial charge in [-0.3, -0.25) is 4.79 Å². The van der Waals surface area contributed by atoms with Crippen LogP contribution in [0.4, 0.5) is 4.39 Å². The van der Waals surface area contributed by atoms with Crippen LogP contribution in [0, 0.1) is 12.7 Å². The van der Waals surface area contributed by atoms with E-state index >= 15 is 0 Å². The fourth-order valence-corrected chi connectivity index (χ4v) is 4.10. The van der Waals surface area contributed by atoms with Crippen molar-refractivity contribution in [3.63, 3.8) is 0 Å². The molecule has 3 aromatic rings. The van der Waals surface area contributed by atoms with Crippen LogP contribution in [0.15, 0.2) is 41.8 Å². The highest BCUT2D eigenvalue weighted by Crippen LogP contribution is 2.35. The van der Waals surface area contributed by atoms with Crippen LogP contribution in [0.1, 0.15) is 40.2 Å². The first kappa shape index (κ1) is 16.0. The topological polar surface area (TPSA) is 51.0 Å². The number of benzene rings is 1. The van der Waals surface area contributed by atoms with Crippen LogP contribution in [-0.2, 0) is 0 Å². The van der Waals surface area contributed by atoms with Crippen LogP contribution < -0.4 is 0 Å². The summed E-state index contributed by atoms with van der Waals surface area (Å²) in [4.78, 5) is 20.3. The molecule has 1 saturated heterocycles. The van der Waals surface area contributed by atoms with Crippen molar-refractivity contribution in [2.24, 2.45) is 0 Å². The first-order valence-electron chi connectivity index (χ1n) is 8.17. The van der Waals surface area contributed by atoms with Gasteiger partial charge >= 0.3 is 0 Å². The SMILES string of the molecule is Cc1nc(C(=O)N2CCC[C@@H]2c2cccs2)nn1-c1ccc(F)cc1. The number of rotatable bonds is 3. The standard InChI is InChI=1S/C18H17FN4OS/c1-12-20-17(21-23(12)14-8-6-13(19)7-9-14)18(24)22-10-2-4-15(22)16-5-3-11-25-16/h3,5-9,11,15H,2,4,10H2,1H3/t15-/m1/s1. The van der Waals surface area contributed by atoms with Gasteiger partial charge in [0.05, 0.1) is 11.7 Å². The lowest BCUT2D eigenvalue weighted by atomic mass is 10.2. The minimum Gasteiger partial charge on any atom is -0.328 e. The first-order chi connectivity index (χ1) is 12.1. The number of carbonyl (C=O) groups is 1. The summed E-state index contributed by atoms with van der Waals surface area (Å²) in [5.74, 6) is 0.320. The summed E-state index contributed by atoms with van der Waals surface area (Å²) in [6, 6.07) is 10.1. The van der Waals surface area contributed by atoms with Crippen LogP contribution in [-0.4, -0.2) is 32.1 Å². The largest absolute Gasteiger partial charge is 0.328 e. The number of aromatic nitrogens is 3. The van der Waals surface area contributed by atoms with Crippen molar-refractivity contribution < 1.29 is 9.18 Å². The highest BCUT2D eigenvalue weighted by atomic mass is 32.1. The zero-order valence-corrected chi connectivity index (χ0v) is 14.5. The second-order valence-corrected chi connectivity index (χ2v) is 7.02. The number of hydrogen-bond donors (Lipinski definition) is 0. The number of carbonyl (C=O) groups excluding carboxylic acids is 1. The van der Waals surface area contributed by atoms with E-state index < -0.39 is 0 Å². The van der Waals surface area contributed by atoms with Crippen LogP contribution in [0.5, 0.6) is 0 Å². The minimum absolute atomic E-state index is 0.102. The Kier molecular flexibility index (Phi) is 4.09. The van der Waals surface area contributed by atoms with Gasteiger partial charge in [0.1, 0.15) is 11.6 Å². The zero-order valence-electron chi connectivity index (χ0n) is 13.7. The molecule has 1 amide bonds. The van der Waals surface area contributed by atoms with E-state index in [4.69, 9.17) is 0 Å². The number of nitrogens with zero attached hydrogens (tertiary/aromatic N) is 4. The summed E-state index contributed by atoms with van der Waals surface area (Å²) in [6.07, 6.45) is 1.94. The highest BCUT2D eigenvalue weighted by molar-refractivity contribution is 7.10. The van der Waals surface area contributed by atoms with Gasteiger partial charge in [-0.25, -0.2) is 14.1 Å². The predicted octanol–water partition coefficient (Wildman–Crippen LogP) is 3.75. The van der Waals surface area contributed by atoms with E-state index in [-0.39, 0.29) is 23.6 Å². The molecule has 0 aliphatic carbocycles. The van der Waals surface area contributed by atoms with Gasteiger partial charge in [-0.2, -0.15) is 0 Å².